The molecular formula is C11H8BrN3O4. The van der Waals surface area contributed by atoms with Gasteiger partial charge in [0.15, 0.2) is 5.92 Å². The van der Waals surface area contributed by atoms with Gasteiger partial charge in [-0.15, -0.1) is 0 Å². The van der Waals surface area contributed by atoms with Crippen LogP contribution in [0.3, 0.4) is 0 Å². The van der Waals surface area contributed by atoms with E-state index < -0.39 is 29.7 Å². The largest absolute Gasteiger partial charge is 0.328 e. The van der Waals surface area contributed by atoms with Gasteiger partial charge >= 0.3 is 6.03 Å². The summed E-state index contributed by atoms with van der Waals surface area (Å²) in [6.45, 7) is 0. The second-order valence-electron chi connectivity index (χ2n) is 3.74. The molecule has 1 aromatic rings. The first-order valence-corrected chi connectivity index (χ1v) is 5.99. The molecule has 0 atom stereocenters. The lowest BCUT2D eigenvalue weighted by atomic mass is 10.1. The maximum atomic E-state index is 11.8. The fraction of sp³-hybridized carbons (Fsp3) is 0.0909. The second-order valence-corrected chi connectivity index (χ2v) is 4.65. The average Bonchev–Trinajstić information content (AvgIpc) is 2.30. The van der Waals surface area contributed by atoms with Gasteiger partial charge in [0.2, 0.25) is 17.7 Å². The van der Waals surface area contributed by atoms with Crippen molar-refractivity contribution in [3.63, 3.8) is 0 Å². The van der Waals surface area contributed by atoms with Gasteiger partial charge < -0.3 is 5.32 Å². The minimum atomic E-state index is -1.58. The van der Waals surface area contributed by atoms with Crippen LogP contribution in [0.2, 0.25) is 0 Å². The topological polar surface area (TPSA) is 104 Å². The fourth-order valence-corrected chi connectivity index (χ4v) is 1.77. The summed E-state index contributed by atoms with van der Waals surface area (Å²) in [5.41, 5.74) is 0.436. The third-order valence-electron chi connectivity index (χ3n) is 2.37. The molecule has 0 aromatic heterocycles. The number of benzene rings is 1. The Bertz CT molecular complexity index is 550. The molecule has 3 N–H and O–H groups in total. The Labute approximate surface area is 115 Å². The second kappa shape index (κ2) is 5.19. The highest BCUT2D eigenvalue weighted by Gasteiger charge is 2.39. The SMILES string of the molecule is O=C1NC(=O)C(C(=O)Nc2ccc(Br)cc2)C(=O)N1. The van der Waals surface area contributed by atoms with Crippen molar-refractivity contribution in [2.75, 3.05) is 5.32 Å². The number of hydrogen-bond donors (Lipinski definition) is 3. The number of hydrogen-bond acceptors (Lipinski definition) is 4. The number of halogens is 1. The van der Waals surface area contributed by atoms with Gasteiger partial charge in [-0.05, 0) is 24.3 Å². The van der Waals surface area contributed by atoms with Gasteiger partial charge in [-0.25, -0.2) is 4.79 Å². The van der Waals surface area contributed by atoms with Crippen LogP contribution in [0.15, 0.2) is 28.7 Å². The minimum absolute atomic E-state index is 0.436. The molecule has 5 amide bonds. The van der Waals surface area contributed by atoms with E-state index in [1.165, 1.54) is 0 Å². The van der Waals surface area contributed by atoms with Crippen molar-refractivity contribution >= 4 is 45.4 Å². The van der Waals surface area contributed by atoms with Crippen LogP contribution in [0, 0.1) is 5.92 Å². The number of nitrogens with one attached hydrogen (secondary N) is 3. The number of rotatable bonds is 2. The first kappa shape index (κ1) is 13.2. The van der Waals surface area contributed by atoms with E-state index in [0.29, 0.717) is 5.69 Å². The number of imide groups is 2. The molecule has 7 nitrogen and oxygen atoms in total. The Morgan fingerprint density at radius 2 is 1.58 bits per heavy atom. The molecule has 0 unspecified atom stereocenters. The number of carbonyl (C=O) groups excluding carboxylic acids is 4. The summed E-state index contributed by atoms with van der Waals surface area (Å²) in [6.07, 6.45) is 0. The van der Waals surface area contributed by atoms with Crippen LogP contribution < -0.4 is 16.0 Å². The summed E-state index contributed by atoms with van der Waals surface area (Å²) in [7, 11) is 0. The van der Waals surface area contributed by atoms with E-state index >= 15 is 0 Å². The quantitative estimate of drug-likeness (QED) is 0.683. The molecule has 0 aliphatic carbocycles. The van der Waals surface area contributed by atoms with Crippen molar-refractivity contribution < 1.29 is 19.2 Å². The highest BCUT2D eigenvalue weighted by molar-refractivity contribution is 9.10. The minimum Gasteiger partial charge on any atom is -0.325 e. The number of barbiturate groups is 1. The molecule has 1 saturated heterocycles. The summed E-state index contributed by atoms with van der Waals surface area (Å²) in [5, 5.41) is 6.14. The van der Waals surface area contributed by atoms with E-state index in [9.17, 15) is 19.2 Å². The van der Waals surface area contributed by atoms with Gasteiger partial charge in [0.05, 0.1) is 0 Å². The molecule has 1 aromatic carbocycles. The van der Waals surface area contributed by atoms with Gasteiger partial charge in [-0.1, -0.05) is 15.9 Å². The molecule has 1 aliphatic rings. The standard InChI is InChI=1S/C11H8BrN3O4/c12-5-1-3-6(4-2-5)13-8(16)7-9(17)14-11(19)15-10(7)18/h1-4,7H,(H,13,16)(H2,14,15,17,18,19). The van der Waals surface area contributed by atoms with Crippen LogP contribution in [0.25, 0.3) is 0 Å². The number of carbonyl (C=O) groups is 4. The predicted molar refractivity (Wildman–Crippen MR) is 67.9 cm³/mol. The van der Waals surface area contributed by atoms with Gasteiger partial charge in [-0.3, -0.25) is 25.0 Å². The van der Waals surface area contributed by atoms with Crippen LogP contribution >= 0.6 is 15.9 Å². The van der Waals surface area contributed by atoms with Gasteiger partial charge in [0.25, 0.3) is 0 Å². The van der Waals surface area contributed by atoms with E-state index in [4.69, 9.17) is 0 Å². The highest BCUT2D eigenvalue weighted by Crippen LogP contribution is 2.15. The Hall–Kier alpha value is -2.22. The first-order chi connectivity index (χ1) is 8.97. The molecule has 0 spiro atoms. The van der Waals surface area contributed by atoms with Crippen LogP contribution in [-0.2, 0) is 14.4 Å². The zero-order valence-electron chi connectivity index (χ0n) is 9.40. The summed E-state index contributed by atoms with van der Waals surface area (Å²) in [4.78, 5) is 45.6. The van der Waals surface area contributed by atoms with Crippen molar-refractivity contribution in [3.05, 3.63) is 28.7 Å². The monoisotopic (exact) mass is 325 g/mol. The van der Waals surface area contributed by atoms with Gasteiger partial charge in [0.1, 0.15) is 0 Å². The lowest BCUT2D eigenvalue weighted by molar-refractivity contribution is -0.141. The van der Waals surface area contributed by atoms with Gasteiger partial charge in [-0.2, -0.15) is 0 Å². The summed E-state index contributed by atoms with van der Waals surface area (Å²) >= 11 is 3.24. The fourth-order valence-electron chi connectivity index (χ4n) is 1.50. The lowest BCUT2D eigenvalue weighted by Gasteiger charge is -2.19. The third kappa shape index (κ3) is 2.97. The summed E-state index contributed by atoms with van der Waals surface area (Å²) in [5.74, 6) is -4.27. The maximum Gasteiger partial charge on any atom is 0.328 e. The van der Waals surface area contributed by atoms with E-state index in [1.807, 2.05) is 10.6 Å². The Morgan fingerprint density at radius 3 is 2.11 bits per heavy atom. The smallest absolute Gasteiger partial charge is 0.325 e. The van der Waals surface area contributed by atoms with E-state index in [0.717, 1.165) is 4.47 Å². The molecule has 1 heterocycles. The Morgan fingerprint density at radius 1 is 1.05 bits per heavy atom. The average molecular weight is 326 g/mol. The van der Waals surface area contributed by atoms with Crippen molar-refractivity contribution in [3.8, 4) is 0 Å². The van der Waals surface area contributed by atoms with Crippen LogP contribution in [0.1, 0.15) is 0 Å². The molecule has 0 bridgehead atoms. The molecule has 19 heavy (non-hydrogen) atoms. The summed E-state index contributed by atoms with van der Waals surface area (Å²) in [6, 6.07) is 5.67. The van der Waals surface area contributed by atoms with Crippen LogP contribution in [-0.4, -0.2) is 23.8 Å². The molecule has 98 valence electrons. The van der Waals surface area contributed by atoms with Crippen molar-refractivity contribution in [2.45, 2.75) is 0 Å². The van der Waals surface area contributed by atoms with Crippen LogP contribution in [0.4, 0.5) is 10.5 Å². The Kier molecular flexibility index (Phi) is 3.61. The van der Waals surface area contributed by atoms with E-state index in [-0.39, 0.29) is 0 Å². The molecule has 0 radical (unpaired) electrons. The van der Waals surface area contributed by atoms with E-state index in [1.54, 1.807) is 24.3 Å². The zero-order chi connectivity index (χ0) is 14.0. The van der Waals surface area contributed by atoms with Crippen molar-refractivity contribution in [1.82, 2.24) is 10.6 Å². The number of amides is 5. The van der Waals surface area contributed by atoms with Crippen molar-refractivity contribution in [2.24, 2.45) is 5.92 Å². The molecule has 0 saturated carbocycles. The van der Waals surface area contributed by atoms with Gasteiger partial charge in [0, 0.05) is 10.2 Å². The Balaban J connectivity index is 2.11. The molecule has 8 heteroatoms. The molecular weight excluding hydrogens is 318 g/mol. The normalized spacial score (nSPS) is 15.7. The predicted octanol–water partition coefficient (Wildman–Crippen LogP) is 0.370. The van der Waals surface area contributed by atoms with E-state index in [2.05, 4.69) is 21.2 Å². The highest BCUT2D eigenvalue weighted by atomic mass is 79.9. The number of anilines is 1. The molecule has 1 fully saturated rings. The number of urea groups is 1. The molecule has 2 rings (SSSR count). The maximum absolute atomic E-state index is 11.8. The zero-order valence-corrected chi connectivity index (χ0v) is 11.0. The molecule has 1 aliphatic heterocycles. The third-order valence-corrected chi connectivity index (χ3v) is 2.90. The van der Waals surface area contributed by atoms with Crippen LogP contribution in [0.5, 0.6) is 0 Å². The first-order valence-electron chi connectivity index (χ1n) is 5.19. The lowest BCUT2D eigenvalue weighted by Crippen LogP contribution is -2.58. The van der Waals surface area contributed by atoms with Crippen molar-refractivity contribution in [1.29, 1.82) is 0 Å². The summed E-state index contributed by atoms with van der Waals surface area (Å²) < 4.78 is 0.823.